The van der Waals surface area contributed by atoms with Gasteiger partial charge < -0.3 is 20.9 Å². The molecule has 0 atom stereocenters. The summed E-state index contributed by atoms with van der Waals surface area (Å²) in [7, 11) is 0. The molecular weight excluding hydrogens is 336 g/mol. The largest absolute Gasteiger partial charge is 0.490 e. The number of primary amides is 1. The van der Waals surface area contributed by atoms with Crippen molar-refractivity contribution in [2.75, 3.05) is 18.9 Å². The highest BCUT2D eigenvalue weighted by Crippen LogP contribution is 2.21. The quantitative estimate of drug-likeness (QED) is 0.619. The number of nitrogens with two attached hydrogens (primary N) is 2. The first-order chi connectivity index (χ1) is 10.1. The minimum atomic E-state index is -0.579. The average Bonchev–Trinajstić information content (AvgIpc) is 2.44. The van der Waals surface area contributed by atoms with Crippen molar-refractivity contribution in [2.24, 2.45) is 5.73 Å². The van der Waals surface area contributed by atoms with Gasteiger partial charge in [0.25, 0.3) is 5.91 Å². The number of hydrogen-bond donors (Lipinski definition) is 2. The molecule has 0 heterocycles. The molecule has 2 aromatic carbocycles. The van der Waals surface area contributed by atoms with Gasteiger partial charge >= 0.3 is 0 Å². The summed E-state index contributed by atoms with van der Waals surface area (Å²) in [5.41, 5.74) is 11.6. The molecule has 0 aliphatic heterocycles. The number of benzene rings is 2. The number of amides is 1. The van der Waals surface area contributed by atoms with Gasteiger partial charge in [-0.1, -0.05) is 22.0 Å². The van der Waals surface area contributed by atoms with Crippen LogP contribution in [-0.4, -0.2) is 19.1 Å². The third-order valence-electron chi connectivity index (χ3n) is 2.67. The summed E-state index contributed by atoms with van der Waals surface area (Å²) < 4.78 is 12.0. The highest BCUT2D eigenvalue weighted by Gasteiger charge is 2.09. The van der Waals surface area contributed by atoms with Gasteiger partial charge in [0.15, 0.2) is 0 Å². The van der Waals surface area contributed by atoms with Crippen molar-refractivity contribution in [3.8, 4) is 11.5 Å². The maximum absolute atomic E-state index is 11.3. The Kier molecular flexibility index (Phi) is 5.05. The van der Waals surface area contributed by atoms with E-state index in [9.17, 15) is 4.79 Å². The van der Waals surface area contributed by atoms with Crippen LogP contribution in [0.2, 0.25) is 0 Å². The summed E-state index contributed by atoms with van der Waals surface area (Å²) in [5.74, 6) is 0.556. The Labute approximate surface area is 131 Å². The molecule has 5 nitrogen and oxygen atoms in total. The lowest BCUT2D eigenvalue weighted by molar-refractivity contribution is 0.0995. The zero-order valence-electron chi connectivity index (χ0n) is 11.2. The Morgan fingerprint density at radius 1 is 1.10 bits per heavy atom. The summed E-state index contributed by atoms with van der Waals surface area (Å²) in [5, 5.41) is 0. The van der Waals surface area contributed by atoms with Gasteiger partial charge in [0.2, 0.25) is 0 Å². The van der Waals surface area contributed by atoms with E-state index in [0.717, 1.165) is 10.2 Å². The molecule has 0 fully saturated rings. The van der Waals surface area contributed by atoms with E-state index in [0.29, 0.717) is 18.0 Å². The number of anilines is 1. The van der Waals surface area contributed by atoms with Crippen LogP contribution in [0.1, 0.15) is 10.4 Å². The van der Waals surface area contributed by atoms with E-state index in [-0.39, 0.29) is 12.2 Å². The zero-order valence-corrected chi connectivity index (χ0v) is 12.8. The van der Waals surface area contributed by atoms with Crippen molar-refractivity contribution in [3.05, 3.63) is 52.5 Å². The minimum absolute atomic E-state index is 0.262. The normalized spacial score (nSPS) is 10.1. The Morgan fingerprint density at radius 2 is 1.86 bits per heavy atom. The van der Waals surface area contributed by atoms with Gasteiger partial charge in [-0.25, -0.2) is 0 Å². The van der Waals surface area contributed by atoms with Crippen LogP contribution in [0, 0.1) is 0 Å². The molecule has 4 N–H and O–H groups in total. The summed E-state index contributed by atoms with van der Waals surface area (Å²) in [4.78, 5) is 11.3. The molecule has 2 aromatic rings. The lowest BCUT2D eigenvalue weighted by Gasteiger charge is -2.11. The summed E-state index contributed by atoms with van der Waals surface area (Å²) in [6.07, 6.45) is 0. The summed E-state index contributed by atoms with van der Waals surface area (Å²) >= 11 is 3.37. The Morgan fingerprint density at radius 3 is 2.57 bits per heavy atom. The van der Waals surface area contributed by atoms with Crippen LogP contribution in [-0.2, 0) is 0 Å². The molecular formula is C15H15BrN2O3. The van der Waals surface area contributed by atoms with Crippen molar-refractivity contribution in [1.29, 1.82) is 0 Å². The second-order valence-corrected chi connectivity index (χ2v) is 5.19. The minimum Gasteiger partial charge on any atom is -0.490 e. The molecule has 0 bridgehead atoms. The second-order valence-electron chi connectivity index (χ2n) is 4.27. The van der Waals surface area contributed by atoms with Crippen LogP contribution in [0.15, 0.2) is 46.9 Å². The third kappa shape index (κ3) is 4.39. The van der Waals surface area contributed by atoms with Crippen LogP contribution in [0.5, 0.6) is 11.5 Å². The van der Waals surface area contributed by atoms with Gasteiger partial charge in [0.1, 0.15) is 24.7 Å². The topological polar surface area (TPSA) is 87.6 Å². The standard InChI is InChI=1S/C15H15BrN2O3/c16-10-2-1-3-12(8-10)20-6-7-21-14-5-4-11(17)9-13(14)15(18)19/h1-5,8-9H,6-7,17H2,(H2,18,19). The maximum atomic E-state index is 11.3. The first-order valence-corrected chi connectivity index (χ1v) is 7.06. The highest BCUT2D eigenvalue weighted by atomic mass is 79.9. The van der Waals surface area contributed by atoms with Crippen LogP contribution >= 0.6 is 15.9 Å². The van der Waals surface area contributed by atoms with E-state index in [1.165, 1.54) is 6.07 Å². The van der Waals surface area contributed by atoms with E-state index in [2.05, 4.69) is 15.9 Å². The molecule has 2 rings (SSSR count). The van der Waals surface area contributed by atoms with Crippen molar-refractivity contribution in [3.63, 3.8) is 0 Å². The Balaban J connectivity index is 1.90. The van der Waals surface area contributed by atoms with Crippen molar-refractivity contribution in [2.45, 2.75) is 0 Å². The fourth-order valence-corrected chi connectivity index (χ4v) is 2.11. The lowest BCUT2D eigenvalue weighted by Crippen LogP contribution is -2.15. The number of nitrogen functional groups attached to an aromatic ring is 1. The molecule has 21 heavy (non-hydrogen) atoms. The number of carbonyl (C=O) groups is 1. The van der Waals surface area contributed by atoms with Gasteiger partial charge in [-0.05, 0) is 36.4 Å². The monoisotopic (exact) mass is 350 g/mol. The average molecular weight is 351 g/mol. The van der Waals surface area contributed by atoms with Crippen LogP contribution in [0.4, 0.5) is 5.69 Å². The molecule has 0 spiro atoms. The second kappa shape index (κ2) is 6.99. The molecule has 0 aliphatic carbocycles. The number of halogens is 1. The number of carbonyl (C=O) groups excluding carboxylic acids is 1. The van der Waals surface area contributed by atoms with E-state index in [1.807, 2.05) is 24.3 Å². The predicted molar refractivity (Wildman–Crippen MR) is 84.5 cm³/mol. The predicted octanol–water partition coefficient (Wildman–Crippen LogP) is 2.59. The fraction of sp³-hybridized carbons (Fsp3) is 0.133. The third-order valence-corrected chi connectivity index (χ3v) is 3.17. The number of rotatable bonds is 6. The molecule has 0 unspecified atom stereocenters. The Bertz CT molecular complexity index is 647. The van der Waals surface area contributed by atoms with E-state index >= 15 is 0 Å². The highest BCUT2D eigenvalue weighted by molar-refractivity contribution is 9.10. The van der Waals surface area contributed by atoms with Gasteiger partial charge in [0.05, 0.1) is 5.56 Å². The number of hydrogen-bond acceptors (Lipinski definition) is 4. The van der Waals surface area contributed by atoms with Crippen LogP contribution in [0.3, 0.4) is 0 Å². The fourth-order valence-electron chi connectivity index (χ4n) is 1.73. The maximum Gasteiger partial charge on any atom is 0.252 e. The molecule has 0 saturated carbocycles. The van der Waals surface area contributed by atoms with Gasteiger partial charge in [0, 0.05) is 10.2 Å². The SMILES string of the molecule is NC(=O)c1cc(N)ccc1OCCOc1cccc(Br)c1. The first-order valence-electron chi connectivity index (χ1n) is 6.27. The zero-order chi connectivity index (χ0) is 15.2. The Hall–Kier alpha value is -2.21. The van der Waals surface area contributed by atoms with Crippen molar-refractivity contribution >= 4 is 27.5 Å². The smallest absolute Gasteiger partial charge is 0.252 e. The molecule has 1 amide bonds. The van der Waals surface area contributed by atoms with Crippen LogP contribution < -0.4 is 20.9 Å². The molecule has 0 radical (unpaired) electrons. The first kappa shape index (κ1) is 15.2. The molecule has 6 heteroatoms. The molecule has 0 aromatic heterocycles. The van der Waals surface area contributed by atoms with Gasteiger partial charge in [-0.3, -0.25) is 4.79 Å². The lowest BCUT2D eigenvalue weighted by atomic mass is 10.1. The summed E-state index contributed by atoms with van der Waals surface area (Å²) in [6.45, 7) is 0.635. The summed E-state index contributed by atoms with van der Waals surface area (Å²) in [6, 6.07) is 12.3. The van der Waals surface area contributed by atoms with Crippen LogP contribution in [0.25, 0.3) is 0 Å². The molecule has 0 saturated heterocycles. The number of ether oxygens (including phenoxy) is 2. The molecule has 0 aliphatic rings. The van der Waals surface area contributed by atoms with Gasteiger partial charge in [-0.2, -0.15) is 0 Å². The van der Waals surface area contributed by atoms with Gasteiger partial charge in [-0.15, -0.1) is 0 Å². The van der Waals surface area contributed by atoms with E-state index < -0.39 is 5.91 Å². The van der Waals surface area contributed by atoms with E-state index in [1.54, 1.807) is 12.1 Å². The van der Waals surface area contributed by atoms with Crippen molar-refractivity contribution < 1.29 is 14.3 Å². The van der Waals surface area contributed by atoms with E-state index in [4.69, 9.17) is 20.9 Å². The van der Waals surface area contributed by atoms with Crippen molar-refractivity contribution in [1.82, 2.24) is 0 Å². The molecule has 110 valence electrons.